The smallest absolute Gasteiger partial charge is 0.345 e. The lowest BCUT2D eigenvalue weighted by molar-refractivity contribution is -0.673. The molecule has 4 aromatic rings. The summed E-state index contributed by atoms with van der Waals surface area (Å²) in [7, 11) is 7.40. The van der Waals surface area contributed by atoms with Gasteiger partial charge in [0.2, 0.25) is 0 Å². The van der Waals surface area contributed by atoms with Crippen LogP contribution in [0.15, 0.2) is 83.3 Å². The van der Waals surface area contributed by atoms with Crippen molar-refractivity contribution in [3.8, 4) is 0 Å². The molecule has 41 heavy (non-hydrogen) atoms. The molecule has 216 valence electrons. The van der Waals surface area contributed by atoms with Gasteiger partial charge in [0.1, 0.15) is 24.8 Å². The van der Waals surface area contributed by atoms with Crippen LogP contribution >= 0.6 is 0 Å². The average molecular weight is 557 g/mol. The van der Waals surface area contributed by atoms with Crippen LogP contribution in [-0.2, 0) is 43.1 Å². The normalized spacial score (nSPS) is 12.1. The van der Waals surface area contributed by atoms with Crippen molar-refractivity contribution in [2.75, 3.05) is 14.2 Å². The Morgan fingerprint density at radius 2 is 1.05 bits per heavy atom. The molecule has 2 aromatic heterocycles. The van der Waals surface area contributed by atoms with E-state index >= 15 is 0 Å². The van der Waals surface area contributed by atoms with Crippen LogP contribution in [0, 0.1) is 0 Å². The molecule has 0 spiro atoms. The number of unbranched alkanes of at least 4 members (excludes halogenated alkanes) is 2. The molecule has 0 aliphatic rings. The van der Waals surface area contributed by atoms with Crippen molar-refractivity contribution >= 4 is 23.2 Å². The number of hydrogen-bond donors (Lipinski definition) is 0. The molecule has 0 fully saturated rings. The molecule has 0 amide bonds. The molecule has 8 nitrogen and oxygen atoms in total. The van der Waals surface area contributed by atoms with Crippen LogP contribution in [0.4, 0.5) is 11.4 Å². The number of rotatable bonds is 12. The van der Waals surface area contributed by atoms with E-state index < -0.39 is 0 Å². The Labute approximate surface area is 244 Å². The summed E-state index contributed by atoms with van der Waals surface area (Å²) in [5, 5.41) is 0. The summed E-state index contributed by atoms with van der Waals surface area (Å²) in [4.78, 5) is 9.63. The highest BCUT2D eigenvalue weighted by Crippen LogP contribution is 2.20. The second kappa shape index (κ2) is 14.4. The summed E-state index contributed by atoms with van der Waals surface area (Å²) in [6.45, 7) is 6.28. The lowest BCUT2D eigenvalue weighted by Gasteiger charge is -2.07. The Hall–Kier alpha value is -4.20. The van der Waals surface area contributed by atoms with Crippen LogP contribution in [-0.4, -0.2) is 35.1 Å². The molecule has 0 radical (unpaired) electrons. The molecule has 4 rings (SSSR count). The van der Waals surface area contributed by atoms with E-state index in [1.165, 1.54) is 11.1 Å². The third-order valence-electron chi connectivity index (χ3n) is 7.17. The Morgan fingerprint density at radius 3 is 1.39 bits per heavy atom. The van der Waals surface area contributed by atoms with Crippen molar-refractivity contribution in [3.05, 3.63) is 96.1 Å². The van der Waals surface area contributed by atoms with E-state index in [0.29, 0.717) is 11.8 Å². The lowest BCUT2D eigenvalue weighted by Crippen LogP contribution is -2.36. The second-order valence-corrected chi connectivity index (χ2v) is 10.3. The van der Waals surface area contributed by atoms with Gasteiger partial charge in [-0.25, -0.2) is 28.3 Å². The van der Waals surface area contributed by atoms with Gasteiger partial charge in [0.15, 0.2) is 0 Å². The minimum atomic E-state index is 0.610. The van der Waals surface area contributed by atoms with E-state index in [2.05, 4.69) is 68.8 Å². The largest absolute Gasteiger partial charge is 0.475 e. The number of hydrogen-bond acceptors (Lipinski definition) is 4. The fraction of sp³-hybridized carbons (Fsp3) is 0.394. The Balaban J connectivity index is 1.46. The molecule has 0 atom stereocenters. The molecule has 0 aliphatic heterocycles. The molecule has 2 aromatic carbocycles. The predicted octanol–water partition coefficient (Wildman–Crippen LogP) is 5.58. The van der Waals surface area contributed by atoms with Gasteiger partial charge in [-0.05, 0) is 54.7 Å². The van der Waals surface area contributed by atoms with Crippen molar-refractivity contribution in [1.82, 2.24) is 9.13 Å². The maximum absolute atomic E-state index is 5.71. The van der Waals surface area contributed by atoms with Crippen LogP contribution in [0.5, 0.6) is 0 Å². The van der Waals surface area contributed by atoms with E-state index in [1.54, 1.807) is 14.2 Å². The van der Waals surface area contributed by atoms with Gasteiger partial charge in [-0.3, -0.25) is 0 Å². The number of nitrogens with zero attached hydrogens (tertiary/aromatic N) is 6. The molecule has 0 bridgehead atoms. The Bertz CT molecular complexity index is 1350. The quantitative estimate of drug-likeness (QED) is 0.130. The van der Waals surface area contributed by atoms with Gasteiger partial charge in [-0.15, -0.1) is 0 Å². The Morgan fingerprint density at radius 1 is 0.659 bits per heavy atom. The highest BCUT2D eigenvalue weighted by atomic mass is 16.5. The fourth-order valence-electron chi connectivity index (χ4n) is 4.83. The third kappa shape index (κ3) is 7.51. The number of aryl methyl sites for hydroxylation is 4. The molecule has 0 unspecified atom stereocenters. The van der Waals surface area contributed by atoms with Gasteiger partial charge in [0.25, 0.3) is 0 Å². The summed E-state index contributed by atoms with van der Waals surface area (Å²) in [5.74, 6) is 3.15. The second-order valence-electron chi connectivity index (χ2n) is 10.3. The minimum absolute atomic E-state index is 0.610. The zero-order chi connectivity index (χ0) is 29.2. The van der Waals surface area contributed by atoms with E-state index in [9.17, 15) is 0 Å². The predicted molar refractivity (Wildman–Crippen MR) is 163 cm³/mol. The third-order valence-corrected chi connectivity index (χ3v) is 7.17. The molecule has 2 heterocycles. The average Bonchev–Trinajstić information content (AvgIpc) is 3.55. The SMILES string of the molecule is CCCCn1cc[n+](C)c1/C(=N/c1ccc(Cc2ccc(/N=C(\OC)c3n(CCCC)cc[n+]3C)cc2)cc1)OC. The van der Waals surface area contributed by atoms with Gasteiger partial charge in [-0.2, -0.15) is 0 Å². The summed E-state index contributed by atoms with van der Waals surface area (Å²) >= 11 is 0. The lowest BCUT2D eigenvalue weighted by atomic mass is 10.0. The summed E-state index contributed by atoms with van der Waals surface area (Å²) < 4.78 is 19.9. The molecular weight excluding hydrogens is 512 g/mol. The van der Waals surface area contributed by atoms with Crippen LogP contribution in [0.3, 0.4) is 0 Å². The van der Waals surface area contributed by atoms with Crippen molar-refractivity contribution < 1.29 is 18.6 Å². The standard InChI is InChI=1S/C33H44N6O2/c1-7-9-19-38-23-21-36(3)32(38)30(40-5)34-28-15-11-26(12-16-28)25-27-13-17-29(18-14-27)35-31(41-6)33-37(4)22-24-39(33)20-10-8-2/h11-18,21-24H,7-10,19-20,25H2,1-6H3/q+2/b34-30-,35-31-. The minimum Gasteiger partial charge on any atom is -0.475 e. The van der Waals surface area contributed by atoms with Gasteiger partial charge >= 0.3 is 23.4 Å². The summed E-state index contributed by atoms with van der Waals surface area (Å²) in [5.41, 5.74) is 4.16. The molecule has 0 saturated carbocycles. The first-order valence-electron chi connectivity index (χ1n) is 14.5. The molecule has 8 heteroatoms. The van der Waals surface area contributed by atoms with Crippen LogP contribution in [0.2, 0.25) is 0 Å². The van der Waals surface area contributed by atoms with E-state index in [4.69, 9.17) is 19.5 Å². The zero-order valence-electron chi connectivity index (χ0n) is 25.4. The maximum Gasteiger partial charge on any atom is 0.345 e. The van der Waals surface area contributed by atoms with Crippen LogP contribution in [0.1, 0.15) is 62.3 Å². The van der Waals surface area contributed by atoms with Gasteiger partial charge in [-0.1, -0.05) is 51.0 Å². The molecule has 0 saturated heterocycles. The van der Waals surface area contributed by atoms with Gasteiger partial charge in [0, 0.05) is 0 Å². The van der Waals surface area contributed by atoms with Gasteiger partial charge in [0.05, 0.1) is 52.8 Å². The number of aromatic nitrogens is 4. The first kappa shape index (κ1) is 29.8. The maximum atomic E-state index is 5.71. The van der Waals surface area contributed by atoms with Crippen molar-refractivity contribution in [2.45, 2.75) is 59.0 Å². The molecule has 0 aliphatic carbocycles. The first-order chi connectivity index (χ1) is 20.0. The molecular formula is C33H44N6O2+2. The number of methoxy groups -OCH3 is 2. The van der Waals surface area contributed by atoms with Gasteiger partial charge < -0.3 is 9.47 Å². The van der Waals surface area contributed by atoms with Crippen LogP contribution in [0.25, 0.3) is 0 Å². The highest BCUT2D eigenvalue weighted by molar-refractivity contribution is 5.91. The van der Waals surface area contributed by atoms with Crippen molar-refractivity contribution in [2.24, 2.45) is 24.1 Å². The summed E-state index contributed by atoms with van der Waals surface area (Å²) in [6, 6.07) is 16.7. The number of benzene rings is 2. The van der Waals surface area contributed by atoms with E-state index in [1.807, 2.05) is 50.8 Å². The number of imidazole rings is 2. The first-order valence-corrected chi connectivity index (χ1v) is 14.5. The number of ether oxygens (including phenoxy) is 2. The monoisotopic (exact) mass is 556 g/mol. The van der Waals surface area contributed by atoms with E-state index in [-0.39, 0.29) is 0 Å². The van der Waals surface area contributed by atoms with Crippen LogP contribution < -0.4 is 9.13 Å². The van der Waals surface area contributed by atoms with Crippen molar-refractivity contribution in [1.29, 1.82) is 0 Å². The Kier molecular flexibility index (Phi) is 10.5. The number of aliphatic imine (C=N–C) groups is 2. The summed E-state index contributed by atoms with van der Waals surface area (Å²) in [6.07, 6.45) is 13.6. The van der Waals surface area contributed by atoms with E-state index in [0.717, 1.165) is 68.2 Å². The fourth-order valence-corrected chi connectivity index (χ4v) is 4.83. The zero-order valence-corrected chi connectivity index (χ0v) is 25.4. The highest BCUT2D eigenvalue weighted by Gasteiger charge is 2.23. The van der Waals surface area contributed by atoms with Crippen molar-refractivity contribution in [3.63, 3.8) is 0 Å². The topological polar surface area (TPSA) is 60.8 Å². The molecule has 0 N–H and O–H groups in total.